The summed E-state index contributed by atoms with van der Waals surface area (Å²) in [5.74, 6) is 6.31. The number of H-pyrrole nitrogens is 1. The molecule has 0 aromatic carbocycles. The molecule has 1 heterocycles. The first kappa shape index (κ1) is 6.54. The van der Waals surface area contributed by atoms with E-state index in [0.29, 0.717) is 0 Å². The maximum Gasteiger partial charge on any atom is 0.0130 e. The summed E-state index contributed by atoms with van der Waals surface area (Å²) in [6.07, 6.45) is 8.47. The zero-order valence-electron chi connectivity index (χ0n) is 6.48. The smallest absolute Gasteiger partial charge is 0.0130 e. The van der Waals surface area contributed by atoms with Crippen LogP contribution in [0.1, 0.15) is 24.0 Å². The van der Waals surface area contributed by atoms with Crippen molar-refractivity contribution in [3.05, 3.63) is 23.5 Å². The second-order valence-corrected chi connectivity index (χ2v) is 2.86. The maximum atomic E-state index is 3.15. The largest absolute Gasteiger partial charge is 0.367 e. The van der Waals surface area contributed by atoms with Crippen LogP contribution in [0.3, 0.4) is 0 Å². The van der Waals surface area contributed by atoms with Crippen LogP contribution in [-0.2, 0) is 12.8 Å². The van der Waals surface area contributed by atoms with Gasteiger partial charge in [-0.1, -0.05) is 0 Å². The van der Waals surface area contributed by atoms with E-state index in [1.165, 1.54) is 11.1 Å². The third-order valence-corrected chi connectivity index (χ3v) is 2.09. The lowest BCUT2D eigenvalue weighted by Crippen LogP contribution is -1.91. The summed E-state index contributed by atoms with van der Waals surface area (Å²) in [5, 5.41) is 0. The number of hydrogen-bond acceptors (Lipinski definition) is 0. The van der Waals surface area contributed by atoms with Crippen LogP contribution in [0.2, 0.25) is 0 Å². The van der Waals surface area contributed by atoms with Crippen molar-refractivity contribution in [2.24, 2.45) is 0 Å². The third kappa shape index (κ3) is 1.30. The van der Waals surface area contributed by atoms with Gasteiger partial charge in [-0.25, -0.2) is 0 Å². The molecular weight excluding hydrogens is 134 g/mol. The highest BCUT2D eigenvalue weighted by molar-refractivity contribution is 5.26. The zero-order chi connectivity index (χ0) is 7.52. The Bertz CT molecular complexity index is 272. The van der Waals surface area contributed by atoms with E-state index in [1.54, 1.807) is 0 Å². The van der Waals surface area contributed by atoms with E-state index in [9.17, 15) is 0 Å². The molecule has 0 aliphatic heterocycles. The maximum absolute atomic E-state index is 3.15. The van der Waals surface area contributed by atoms with Crippen molar-refractivity contribution in [3.8, 4) is 11.8 Å². The molecule has 2 rings (SSSR count). The van der Waals surface area contributed by atoms with Crippen LogP contribution >= 0.6 is 0 Å². The molecule has 1 aromatic heterocycles. The molecule has 0 saturated carbocycles. The third-order valence-electron chi connectivity index (χ3n) is 2.09. The Labute approximate surface area is 66.8 Å². The highest BCUT2D eigenvalue weighted by atomic mass is 14.6. The van der Waals surface area contributed by atoms with E-state index in [2.05, 4.69) is 29.2 Å². The first-order chi connectivity index (χ1) is 5.47. The predicted molar refractivity (Wildman–Crippen MR) is 45.2 cm³/mol. The van der Waals surface area contributed by atoms with E-state index >= 15 is 0 Å². The first-order valence-electron chi connectivity index (χ1n) is 4.07. The number of hydrogen-bond donors (Lipinski definition) is 1. The van der Waals surface area contributed by atoms with Crippen molar-refractivity contribution in [3.63, 3.8) is 0 Å². The summed E-state index contributed by atoms with van der Waals surface area (Å²) < 4.78 is 0. The highest BCUT2D eigenvalue weighted by Gasteiger charge is 2.03. The van der Waals surface area contributed by atoms with Gasteiger partial charge in [-0.2, -0.15) is 0 Å². The molecule has 0 atom stereocenters. The number of aryl methyl sites for hydroxylation is 2. The normalized spacial score (nSPS) is 15.6. The molecule has 11 heavy (non-hydrogen) atoms. The van der Waals surface area contributed by atoms with Gasteiger partial charge in [0.15, 0.2) is 0 Å². The quantitative estimate of drug-likeness (QED) is 0.537. The predicted octanol–water partition coefficient (Wildman–Crippen LogP) is 1.90. The molecule has 1 nitrogen and oxygen atoms in total. The van der Waals surface area contributed by atoms with Gasteiger partial charge in [0.2, 0.25) is 0 Å². The van der Waals surface area contributed by atoms with E-state index in [4.69, 9.17) is 0 Å². The fourth-order valence-corrected chi connectivity index (χ4v) is 1.46. The minimum absolute atomic E-state index is 1.02. The Hall–Kier alpha value is -1.16. The van der Waals surface area contributed by atoms with Crippen molar-refractivity contribution in [2.75, 3.05) is 0 Å². The number of aromatic nitrogens is 1. The number of rotatable bonds is 0. The Morgan fingerprint density at radius 2 is 1.55 bits per heavy atom. The van der Waals surface area contributed by atoms with Crippen molar-refractivity contribution < 1.29 is 0 Å². The average Bonchev–Trinajstić information content (AvgIpc) is 2.35. The SMILES string of the molecule is C1#CCCc2c[nH]cc2CC1. The number of fused-ring (bicyclic) bond motifs is 1. The molecule has 0 bridgehead atoms. The molecule has 56 valence electrons. The summed E-state index contributed by atoms with van der Waals surface area (Å²) in [5.41, 5.74) is 2.91. The lowest BCUT2D eigenvalue weighted by atomic mass is 10.0. The second-order valence-electron chi connectivity index (χ2n) is 2.86. The summed E-state index contributed by atoms with van der Waals surface area (Å²) in [6, 6.07) is 0. The van der Waals surface area contributed by atoms with Gasteiger partial charge in [0.25, 0.3) is 0 Å². The molecule has 0 amide bonds. The molecule has 0 radical (unpaired) electrons. The molecule has 1 heteroatoms. The highest BCUT2D eigenvalue weighted by Crippen LogP contribution is 2.13. The molecule has 1 N–H and O–H groups in total. The van der Waals surface area contributed by atoms with Crippen molar-refractivity contribution in [1.29, 1.82) is 0 Å². The van der Waals surface area contributed by atoms with Crippen molar-refractivity contribution in [1.82, 2.24) is 4.98 Å². The van der Waals surface area contributed by atoms with Crippen LogP contribution in [0, 0.1) is 11.8 Å². The van der Waals surface area contributed by atoms with Gasteiger partial charge >= 0.3 is 0 Å². The Morgan fingerprint density at radius 3 is 2.09 bits per heavy atom. The molecule has 0 saturated heterocycles. The first-order valence-corrected chi connectivity index (χ1v) is 4.07. The zero-order valence-corrected chi connectivity index (χ0v) is 6.48. The van der Waals surface area contributed by atoms with Gasteiger partial charge in [0.05, 0.1) is 0 Å². The van der Waals surface area contributed by atoms with Crippen LogP contribution in [0.15, 0.2) is 12.4 Å². The van der Waals surface area contributed by atoms with Gasteiger partial charge in [-0.15, -0.1) is 11.8 Å². The fraction of sp³-hybridized carbons (Fsp3) is 0.400. The molecule has 0 spiro atoms. The van der Waals surface area contributed by atoms with Gasteiger partial charge in [-0.3, -0.25) is 0 Å². The number of aromatic amines is 1. The van der Waals surface area contributed by atoms with Gasteiger partial charge < -0.3 is 4.98 Å². The summed E-state index contributed by atoms with van der Waals surface area (Å²) in [7, 11) is 0. The summed E-state index contributed by atoms with van der Waals surface area (Å²) >= 11 is 0. The summed E-state index contributed by atoms with van der Waals surface area (Å²) in [4.78, 5) is 3.14. The minimum atomic E-state index is 1.02. The van der Waals surface area contributed by atoms with Crippen LogP contribution < -0.4 is 0 Å². The van der Waals surface area contributed by atoms with E-state index in [1.807, 2.05) is 0 Å². The van der Waals surface area contributed by atoms with E-state index < -0.39 is 0 Å². The molecule has 0 fully saturated rings. The molecule has 1 aliphatic rings. The van der Waals surface area contributed by atoms with Crippen LogP contribution in [0.4, 0.5) is 0 Å². The molecule has 1 aromatic rings. The van der Waals surface area contributed by atoms with Gasteiger partial charge in [0.1, 0.15) is 0 Å². The minimum Gasteiger partial charge on any atom is -0.367 e. The molecule has 0 unspecified atom stereocenters. The van der Waals surface area contributed by atoms with Crippen molar-refractivity contribution in [2.45, 2.75) is 25.7 Å². The second kappa shape index (κ2) is 2.84. The lowest BCUT2D eigenvalue weighted by molar-refractivity contribution is 0.939. The fourth-order valence-electron chi connectivity index (χ4n) is 1.46. The standard InChI is InChI=1S/C10H11N/c1-2-4-6-10-8-11-7-9(10)5-3-1/h7-8,11H,3-6H2. The Morgan fingerprint density at radius 1 is 1.00 bits per heavy atom. The van der Waals surface area contributed by atoms with E-state index in [-0.39, 0.29) is 0 Å². The lowest BCUT2D eigenvalue weighted by Gasteiger charge is -2.01. The number of nitrogens with one attached hydrogen (secondary N) is 1. The molecule has 1 aliphatic carbocycles. The van der Waals surface area contributed by atoms with Gasteiger partial charge in [0, 0.05) is 25.2 Å². The average molecular weight is 145 g/mol. The van der Waals surface area contributed by atoms with Gasteiger partial charge in [-0.05, 0) is 24.0 Å². The van der Waals surface area contributed by atoms with Crippen molar-refractivity contribution >= 4 is 0 Å². The van der Waals surface area contributed by atoms with Crippen LogP contribution in [0.5, 0.6) is 0 Å². The van der Waals surface area contributed by atoms with Crippen LogP contribution in [-0.4, -0.2) is 4.98 Å². The molecular formula is C10H11N. The Kier molecular flexibility index (Phi) is 1.69. The summed E-state index contributed by atoms with van der Waals surface area (Å²) in [6.45, 7) is 0. The topological polar surface area (TPSA) is 15.8 Å². The van der Waals surface area contributed by atoms with Crippen LogP contribution in [0.25, 0.3) is 0 Å². The monoisotopic (exact) mass is 145 g/mol. The Balaban J connectivity index is 2.27. The van der Waals surface area contributed by atoms with E-state index in [0.717, 1.165) is 25.7 Å².